The van der Waals surface area contributed by atoms with E-state index in [0.29, 0.717) is 0 Å². The van der Waals surface area contributed by atoms with Crippen molar-refractivity contribution < 1.29 is 52.5 Å². The van der Waals surface area contributed by atoms with E-state index in [1.54, 1.807) is 0 Å². The highest BCUT2D eigenvalue weighted by Gasteiger charge is 2.46. The molecule has 0 aromatic rings. The molecule has 0 fully saturated rings. The van der Waals surface area contributed by atoms with Gasteiger partial charge in [-0.25, -0.2) is 0 Å². The molecule has 0 radical (unpaired) electrons. The Balaban J connectivity index is 6.29. The van der Waals surface area contributed by atoms with Crippen LogP contribution in [0.15, 0.2) is 0 Å². The molecule has 164 valence electrons. The highest BCUT2D eigenvalue weighted by Crippen LogP contribution is 2.21. The van der Waals surface area contributed by atoms with E-state index < -0.39 is 66.7 Å². The molecule has 0 heterocycles. The lowest BCUT2D eigenvalue weighted by atomic mass is 9.99. The molecular weight excluding hydrogens is 460 g/mol. The number of halogens is 1. The zero-order valence-corrected chi connectivity index (χ0v) is 18.2. The van der Waals surface area contributed by atoms with E-state index in [1.165, 1.54) is 0 Å². The number of carbonyl (C=O) groups is 6. The van der Waals surface area contributed by atoms with Gasteiger partial charge in [0.05, 0.1) is 5.33 Å². The monoisotopic (exact) mass is 482 g/mol. The Labute approximate surface area is 175 Å². The maximum absolute atomic E-state index is 12.3. The van der Waals surface area contributed by atoms with Gasteiger partial charge in [-0.05, 0) is 0 Å². The lowest BCUT2D eigenvalue weighted by Gasteiger charge is -2.34. The van der Waals surface area contributed by atoms with Crippen molar-refractivity contribution in [2.45, 2.75) is 59.0 Å². The van der Waals surface area contributed by atoms with Crippen LogP contribution < -0.4 is 0 Å². The summed E-state index contributed by atoms with van der Waals surface area (Å²) in [6.07, 6.45) is -6.49. The van der Waals surface area contributed by atoms with E-state index in [-0.39, 0.29) is 5.33 Å². The summed E-state index contributed by atoms with van der Waals surface area (Å²) in [6, 6.07) is 0. The second-order valence-corrected chi connectivity index (χ2v) is 6.29. The third-order valence-corrected chi connectivity index (χ3v) is 3.66. The summed E-state index contributed by atoms with van der Waals surface area (Å²) in [7, 11) is 0. The second kappa shape index (κ2) is 12.9. The first kappa shape index (κ1) is 26.5. The predicted octanol–water partition coefficient (Wildman–Crippen LogP) is 0.240. The average Bonchev–Trinajstić information content (AvgIpc) is 2.58. The molecule has 0 saturated carbocycles. The Hall–Kier alpha value is -2.50. The van der Waals surface area contributed by atoms with E-state index in [4.69, 9.17) is 23.7 Å². The number of ketones is 1. The Morgan fingerprint density at radius 1 is 0.655 bits per heavy atom. The molecule has 0 amide bonds. The van der Waals surface area contributed by atoms with Gasteiger partial charge in [0.2, 0.25) is 6.10 Å². The number of ether oxygens (including phenoxy) is 5. The normalized spacial score (nSPS) is 14.4. The maximum Gasteiger partial charge on any atom is 0.303 e. The summed E-state index contributed by atoms with van der Waals surface area (Å²) in [5, 5.41) is -0.294. The Bertz CT molecular complexity index is 645. The largest absolute Gasteiger partial charge is 0.462 e. The number of hydrogen-bond acceptors (Lipinski definition) is 11. The van der Waals surface area contributed by atoms with E-state index in [2.05, 4.69) is 15.9 Å². The first-order valence-electron chi connectivity index (χ1n) is 8.29. The standard InChI is InChI=1S/C17H23BrO11/c1-8(19)25-7-14(26-9(2)20)16(28-11(4)22)17(29-12(5)23)15(13(24)6-18)27-10(3)21/h14-17H,6-7H2,1-5H3/t14-,15+,16+,17-/m1/s1. The molecule has 0 saturated heterocycles. The van der Waals surface area contributed by atoms with Crippen molar-refractivity contribution in [2.75, 3.05) is 11.9 Å². The molecule has 12 heteroatoms. The van der Waals surface area contributed by atoms with Crippen LogP contribution in [0.1, 0.15) is 34.6 Å². The highest BCUT2D eigenvalue weighted by atomic mass is 79.9. The van der Waals surface area contributed by atoms with Crippen molar-refractivity contribution in [3.05, 3.63) is 0 Å². The number of carbonyl (C=O) groups excluding carboxylic acids is 6. The minimum atomic E-state index is -1.70. The van der Waals surface area contributed by atoms with Gasteiger partial charge in [-0.3, -0.25) is 28.8 Å². The lowest BCUT2D eigenvalue weighted by Crippen LogP contribution is -2.55. The highest BCUT2D eigenvalue weighted by molar-refractivity contribution is 9.09. The molecule has 0 rings (SSSR count). The molecule has 0 spiro atoms. The quantitative estimate of drug-likeness (QED) is 0.226. The fourth-order valence-corrected chi connectivity index (χ4v) is 2.54. The van der Waals surface area contributed by atoms with Gasteiger partial charge in [0.1, 0.15) is 6.61 Å². The van der Waals surface area contributed by atoms with Crippen LogP contribution in [-0.4, -0.2) is 72.0 Å². The van der Waals surface area contributed by atoms with Crippen LogP contribution in [0.5, 0.6) is 0 Å². The summed E-state index contributed by atoms with van der Waals surface area (Å²) < 4.78 is 25.1. The molecule has 0 aliphatic rings. The van der Waals surface area contributed by atoms with Gasteiger partial charge >= 0.3 is 29.8 Å². The van der Waals surface area contributed by atoms with Gasteiger partial charge in [0.15, 0.2) is 24.1 Å². The van der Waals surface area contributed by atoms with Crippen molar-refractivity contribution in [2.24, 2.45) is 0 Å². The number of esters is 5. The summed E-state index contributed by atoms with van der Waals surface area (Å²) in [6.45, 7) is 4.59. The van der Waals surface area contributed by atoms with Crippen LogP contribution in [0.4, 0.5) is 0 Å². The summed E-state index contributed by atoms with van der Waals surface area (Å²) in [5.41, 5.74) is 0. The van der Waals surface area contributed by atoms with Crippen LogP contribution in [-0.2, 0) is 52.5 Å². The number of hydrogen-bond donors (Lipinski definition) is 0. The van der Waals surface area contributed by atoms with Crippen molar-refractivity contribution in [1.29, 1.82) is 0 Å². The van der Waals surface area contributed by atoms with Gasteiger partial charge in [0, 0.05) is 34.6 Å². The first-order chi connectivity index (χ1) is 13.4. The van der Waals surface area contributed by atoms with E-state index in [9.17, 15) is 28.8 Å². The molecular formula is C17H23BrO11. The van der Waals surface area contributed by atoms with Crippen LogP contribution >= 0.6 is 15.9 Å². The van der Waals surface area contributed by atoms with Crippen molar-refractivity contribution >= 4 is 51.6 Å². The van der Waals surface area contributed by atoms with Crippen molar-refractivity contribution in [1.82, 2.24) is 0 Å². The SMILES string of the molecule is CC(=O)OC[C@@H](OC(C)=O)[C@H](OC(C)=O)[C@H](OC(C)=O)[C@@H](OC(C)=O)C(=O)CBr. The molecule has 0 N–H and O–H groups in total. The topological polar surface area (TPSA) is 149 Å². The maximum atomic E-state index is 12.3. The van der Waals surface area contributed by atoms with Crippen LogP contribution in [0.2, 0.25) is 0 Å². The minimum Gasteiger partial charge on any atom is -0.462 e. The molecule has 4 atom stereocenters. The number of alkyl halides is 1. The summed E-state index contributed by atoms with van der Waals surface area (Å²) in [4.78, 5) is 69.8. The summed E-state index contributed by atoms with van der Waals surface area (Å²) in [5.74, 6) is -4.97. The number of rotatable bonds is 11. The Morgan fingerprint density at radius 2 is 1.10 bits per heavy atom. The lowest BCUT2D eigenvalue weighted by molar-refractivity contribution is -0.202. The Kier molecular flexibility index (Phi) is 11.8. The summed E-state index contributed by atoms with van der Waals surface area (Å²) >= 11 is 2.92. The predicted molar refractivity (Wildman–Crippen MR) is 97.7 cm³/mol. The van der Waals surface area contributed by atoms with Gasteiger partial charge in [0.25, 0.3) is 0 Å². The smallest absolute Gasteiger partial charge is 0.303 e. The third-order valence-electron chi connectivity index (χ3n) is 3.10. The second-order valence-electron chi connectivity index (χ2n) is 5.73. The van der Waals surface area contributed by atoms with Crippen LogP contribution in [0.3, 0.4) is 0 Å². The van der Waals surface area contributed by atoms with Crippen LogP contribution in [0.25, 0.3) is 0 Å². The van der Waals surface area contributed by atoms with Crippen molar-refractivity contribution in [3.8, 4) is 0 Å². The van der Waals surface area contributed by atoms with E-state index in [1.807, 2.05) is 0 Å². The number of Topliss-reactive ketones (excluding diaryl/α,β-unsaturated/α-hetero) is 1. The molecule has 0 bridgehead atoms. The van der Waals surface area contributed by atoms with Gasteiger partial charge < -0.3 is 23.7 Å². The van der Waals surface area contributed by atoms with Crippen molar-refractivity contribution in [3.63, 3.8) is 0 Å². The zero-order valence-electron chi connectivity index (χ0n) is 16.6. The molecule has 0 unspecified atom stereocenters. The molecule has 29 heavy (non-hydrogen) atoms. The molecule has 11 nitrogen and oxygen atoms in total. The fraction of sp³-hybridized carbons (Fsp3) is 0.647. The zero-order chi connectivity index (χ0) is 22.7. The first-order valence-corrected chi connectivity index (χ1v) is 9.42. The Morgan fingerprint density at radius 3 is 1.48 bits per heavy atom. The van der Waals surface area contributed by atoms with E-state index >= 15 is 0 Å². The third kappa shape index (κ3) is 10.6. The molecule has 0 aromatic heterocycles. The molecule has 0 aromatic carbocycles. The van der Waals surface area contributed by atoms with Gasteiger partial charge in [-0.15, -0.1) is 0 Å². The average molecular weight is 483 g/mol. The fourth-order valence-electron chi connectivity index (χ4n) is 2.22. The van der Waals surface area contributed by atoms with Crippen LogP contribution in [0, 0.1) is 0 Å². The molecule has 0 aliphatic carbocycles. The minimum absolute atomic E-state index is 0.294. The van der Waals surface area contributed by atoms with Gasteiger partial charge in [-0.2, -0.15) is 0 Å². The van der Waals surface area contributed by atoms with Gasteiger partial charge in [-0.1, -0.05) is 15.9 Å². The van der Waals surface area contributed by atoms with E-state index in [0.717, 1.165) is 34.6 Å². The molecule has 0 aliphatic heterocycles.